The van der Waals surface area contributed by atoms with Crippen LogP contribution in [0.15, 0.2) is 54.7 Å². The molecule has 0 heterocycles. The van der Waals surface area contributed by atoms with Crippen molar-refractivity contribution in [2.24, 2.45) is 0 Å². The summed E-state index contributed by atoms with van der Waals surface area (Å²) < 4.78 is 32.5. The first-order valence-electron chi connectivity index (χ1n) is 11.5. The van der Waals surface area contributed by atoms with Gasteiger partial charge in [0, 0.05) is 17.8 Å². The van der Waals surface area contributed by atoms with Crippen molar-refractivity contribution in [3.05, 3.63) is 71.4 Å². The minimum atomic E-state index is -0.226. The fourth-order valence-electron chi connectivity index (χ4n) is 3.77. The number of carbonyl (C=O) groups excluding carboxylic acids is 1. The molecule has 0 bridgehead atoms. The number of rotatable bonds is 12. The van der Waals surface area contributed by atoms with Crippen molar-refractivity contribution in [2.45, 2.75) is 0 Å². The Kier molecular flexibility index (Phi) is 9.48. The van der Waals surface area contributed by atoms with Gasteiger partial charge in [0.05, 0.1) is 54.0 Å². The van der Waals surface area contributed by atoms with Gasteiger partial charge in [0.25, 0.3) is 0 Å². The lowest BCUT2D eigenvalue weighted by Crippen LogP contribution is -2.01. The Morgan fingerprint density at radius 1 is 0.684 bits per heavy atom. The Balaban J connectivity index is 1.88. The topological polar surface area (TPSA) is 111 Å². The van der Waals surface area contributed by atoms with Crippen molar-refractivity contribution in [3.8, 4) is 34.5 Å². The van der Waals surface area contributed by atoms with Crippen molar-refractivity contribution in [1.29, 1.82) is 0 Å². The summed E-state index contributed by atoms with van der Waals surface area (Å²) in [7, 11) is 9.32. The zero-order valence-corrected chi connectivity index (χ0v) is 22.3. The number of nitrogens with two attached hydrogens (primary N) is 1. The number of nitrogen functional groups attached to an aromatic ring is 1. The molecule has 3 rings (SSSR count). The van der Waals surface area contributed by atoms with Crippen molar-refractivity contribution in [1.82, 2.24) is 0 Å². The molecular weight excluding hydrogens is 488 g/mol. The van der Waals surface area contributed by atoms with Crippen LogP contribution in [0.3, 0.4) is 0 Å². The molecule has 0 spiro atoms. The molecule has 9 heteroatoms. The molecule has 0 aliphatic rings. The fourth-order valence-corrected chi connectivity index (χ4v) is 3.77. The number of methoxy groups -OCH3 is 6. The third-order valence-electron chi connectivity index (χ3n) is 5.64. The van der Waals surface area contributed by atoms with Crippen molar-refractivity contribution < 1.29 is 33.2 Å². The van der Waals surface area contributed by atoms with E-state index in [1.807, 2.05) is 36.4 Å². The van der Waals surface area contributed by atoms with E-state index >= 15 is 0 Å². The van der Waals surface area contributed by atoms with Gasteiger partial charge in [-0.2, -0.15) is 0 Å². The number of anilines is 2. The first-order chi connectivity index (χ1) is 18.4. The summed E-state index contributed by atoms with van der Waals surface area (Å²) >= 11 is 0. The number of nitrogens with one attached hydrogen (secondary N) is 1. The third kappa shape index (κ3) is 6.31. The molecule has 0 aliphatic carbocycles. The van der Waals surface area contributed by atoms with Gasteiger partial charge in [0.1, 0.15) is 5.75 Å². The van der Waals surface area contributed by atoms with Crippen LogP contribution in [-0.2, 0) is 0 Å². The van der Waals surface area contributed by atoms with Crippen molar-refractivity contribution in [2.75, 3.05) is 53.7 Å². The van der Waals surface area contributed by atoms with E-state index in [4.69, 9.17) is 34.2 Å². The number of carbonyl (C=O) groups is 1. The lowest BCUT2D eigenvalue weighted by atomic mass is 10.1. The number of hydrogen-bond acceptors (Lipinski definition) is 9. The molecule has 200 valence electrons. The van der Waals surface area contributed by atoms with Gasteiger partial charge in [0.15, 0.2) is 28.8 Å². The predicted molar refractivity (Wildman–Crippen MR) is 149 cm³/mol. The summed E-state index contributed by atoms with van der Waals surface area (Å²) in [5.74, 6) is 2.91. The zero-order chi connectivity index (χ0) is 27.7. The van der Waals surface area contributed by atoms with Crippen LogP contribution in [0.1, 0.15) is 21.5 Å². The normalized spacial score (nSPS) is 10.9. The third-order valence-corrected chi connectivity index (χ3v) is 5.64. The standard InChI is InChI=1S/C29H32N2O7/c1-33-24-10-9-20(17-21(24)30)23(32)11-12-31-22-13-18(14-25(34-2)28(22)37-5)7-8-19-15-26(35-3)29(38-6)27(16-19)36-4/h7-17,31H,30H2,1-6H3. The molecule has 0 fully saturated rings. The van der Waals surface area contributed by atoms with Gasteiger partial charge in [-0.05, 0) is 53.6 Å². The molecule has 0 saturated heterocycles. The largest absolute Gasteiger partial charge is 0.495 e. The number of allylic oxidation sites excluding steroid dienone is 1. The van der Waals surface area contributed by atoms with E-state index in [0.717, 1.165) is 11.1 Å². The molecule has 3 aromatic rings. The minimum Gasteiger partial charge on any atom is -0.495 e. The molecule has 3 N–H and O–H groups in total. The lowest BCUT2D eigenvalue weighted by molar-refractivity contribution is 0.104. The molecule has 0 saturated carbocycles. The van der Waals surface area contributed by atoms with E-state index in [2.05, 4.69) is 5.32 Å². The Labute approximate surface area is 222 Å². The van der Waals surface area contributed by atoms with E-state index < -0.39 is 0 Å². The number of ether oxygens (including phenoxy) is 6. The molecular formula is C29H32N2O7. The van der Waals surface area contributed by atoms with Crippen LogP contribution in [0.5, 0.6) is 34.5 Å². The first-order valence-corrected chi connectivity index (χ1v) is 11.5. The van der Waals surface area contributed by atoms with Gasteiger partial charge in [-0.1, -0.05) is 12.2 Å². The summed E-state index contributed by atoms with van der Waals surface area (Å²) in [6.45, 7) is 0. The molecule has 0 atom stereocenters. The summed E-state index contributed by atoms with van der Waals surface area (Å²) in [6.07, 6.45) is 6.75. The smallest absolute Gasteiger partial charge is 0.203 e. The zero-order valence-electron chi connectivity index (χ0n) is 22.3. The average molecular weight is 521 g/mol. The molecule has 0 unspecified atom stereocenters. The highest BCUT2D eigenvalue weighted by atomic mass is 16.5. The summed E-state index contributed by atoms with van der Waals surface area (Å²) in [4.78, 5) is 12.6. The van der Waals surface area contributed by atoms with Gasteiger partial charge < -0.3 is 39.5 Å². The predicted octanol–water partition coefficient (Wildman–Crippen LogP) is 5.30. The SMILES string of the molecule is COc1ccc(C(=O)C=CNc2cc(C=Cc3cc(OC)c(OC)c(OC)c3)cc(OC)c2OC)cc1N. The highest BCUT2D eigenvalue weighted by molar-refractivity contribution is 6.05. The monoisotopic (exact) mass is 520 g/mol. The Bertz CT molecular complexity index is 1320. The second-order valence-corrected chi connectivity index (χ2v) is 7.89. The molecule has 0 amide bonds. The van der Waals surface area contributed by atoms with Crippen LogP contribution in [0.4, 0.5) is 11.4 Å². The second kappa shape index (κ2) is 13.0. The Morgan fingerprint density at radius 2 is 1.21 bits per heavy atom. The van der Waals surface area contributed by atoms with E-state index in [9.17, 15) is 4.79 Å². The number of ketones is 1. The maximum atomic E-state index is 12.6. The summed E-state index contributed by atoms with van der Waals surface area (Å²) in [5, 5.41) is 3.11. The molecule has 3 aromatic carbocycles. The number of hydrogen-bond donors (Lipinski definition) is 2. The Morgan fingerprint density at radius 3 is 1.71 bits per heavy atom. The maximum absolute atomic E-state index is 12.6. The van der Waals surface area contributed by atoms with E-state index in [1.54, 1.807) is 53.7 Å². The quantitative estimate of drug-likeness (QED) is 0.142. The van der Waals surface area contributed by atoms with Crippen LogP contribution in [0.2, 0.25) is 0 Å². The number of benzene rings is 3. The summed E-state index contributed by atoms with van der Waals surface area (Å²) in [6, 6.07) is 12.3. The van der Waals surface area contributed by atoms with Crippen molar-refractivity contribution >= 4 is 29.3 Å². The highest BCUT2D eigenvalue weighted by Gasteiger charge is 2.14. The minimum absolute atomic E-state index is 0.226. The lowest BCUT2D eigenvalue weighted by Gasteiger charge is -2.14. The van der Waals surface area contributed by atoms with Gasteiger partial charge in [-0.3, -0.25) is 4.79 Å². The van der Waals surface area contributed by atoms with Crippen LogP contribution < -0.4 is 39.5 Å². The van der Waals surface area contributed by atoms with E-state index in [-0.39, 0.29) is 5.78 Å². The van der Waals surface area contributed by atoms with Gasteiger partial charge >= 0.3 is 0 Å². The molecule has 0 radical (unpaired) electrons. The maximum Gasteiger partial charge on any atom is 0.203 e. The average Bonchev–Trinajstić information content (AvgIpc) is 2.94. The van der Waals surface area contributed by atoms with Crippen molar-refractivity contribution in [3.63, 3.8) is 0 Å². The second-order valence-electron chi connectivity index (χ2n) is 7.89. The first kappa shape index (κ1) is 27.8. The van der Waals surface area contributed by atoms with E-state index in [1.165, 1.54) is 19.4 Å². The molecule has 38 heavy (non-hydrogen) atoms. The van der Waals surface area contributed by atoms with Gasteiger partial charge in [-0.25, -0.2) is 0 Å². The Hall–Kier alpha value is -4.79. The highest BCUT2D eigenvalue weighted by Crippen LogP contribution is 2.40. The molecule has 9 nitrogen and oxygen atoms in total. The van der Waals surface area contributed by atoms with Crippen LogP contribution >= 0.6 is 0 Å². The molecule has 0 aromatic heterocycles. The van der Waals surface area contributed by atoms with Gasteiger partial charge in [-0.15, -0.1) is 0 Å². The van der Waals surface area contributed by atoms with Crippen LogP contribution in [0, 0.1) is 0 Å². The fraction of sp³-hybridized carbons (Fsp3) is 0.207. The van der Waals surface area contributed by atoms with Crippen LogP contribution in [-0.4, -0.2) is 48.4 Å². The van der Waals surface area contributed by atoms with Gasteiger partial charge in [0.2, 0.25) is 5.75 Å². The van der Waals surface area contributed by atoms with Crippen LogP contribution in [0.25, 0.3) is 12.2 Å². The van der Waals surface area contributed by atoms with E-state index in [0.29, 0.717) is 51.4 Å². The molecule has 0 aliphatic heterocycles. The summed E-state index contributed by atoms with van der Waals surface area (Å²) in [5.41, 5.74) is 9.01.